The van der Waals surface area contributed by atoms with Gasteiger partial charge in [0, 0.05) is 6.42 Å². The fourth-order valence-electron chi connectivity index (χ4n) is 3.87. The van der Waals surface area contributed by atoms with Crippen molar-refractivity contribution in [2.45, 2.75) is 62.4 Å². The fraction of sp³-hybridized carbons (Fsp3) is 0.591. The van der Waals surface area contributed by atoms with Crippen LogP contribution in [0.2, 0.25) is 0 Å². The summed E-state index contributed by atoms with van der Waals surface area (Å²) in [6, 6.07) is 4.43. The van der Waals surface area contributed by atoms with E-state index in [0.717, 1.165) is 5.56 Å². The Hall–Kier alpha value is -2.36. The third kappa shape index (κ3) is 5.48. The van der Waals surface area contributed by atoms with Crippen LogP contribution >= 0.6 is 0 Å². The van der Waals surface area contributed by atoms with Crippen molar-refractivity contribution in [3.63, 3.8) is 0 Å². The van der Waals surface area contributed by atoms with Gasteiger partial charge < -0.3 is 35.0 Å². The maximum absolute atomic E-state index is 14.1. The van der Waals surface area contributed by atoms with Crippen molar-refractivity contribution in [1.82, 2.24) is 9.78 Å². The minimum Gasteiger partial charge on any atom is -0.417 e. The topological polar surface area (TPSA) is 137 Å². The van der Waals surface area contributed by atoms with Crippen LogP contribution in [-0.2, 0) is 23.8 Å². The number of ether oxygens (including phenoxy) is 2. The summed E-state index contributed by atoms with van der Waals surface area (Å²) in [5, 5.41) is 53.8. The minimum absolute atomic E-state index is 0.0540. The molecule has 0 saturated carbocycles. The van der Waals surface area contributed by atoms with Gasteiger partial charge in [-0.25, -0.2) is 13.5 Å². The first-order chi connectivity index (χ1) is 16.9. The predicted molar refractivity (Wildman–Crippen MR) is 112 cm³/mol. The lowest BCUT2D eigenvalue weighted by Gasteiger charge is -2.43. The molecule has 14 heteroatoms. The first-order valence-corrected chi connectivity index (χ1v) is 11.0. The van der Waals surface area contributed by atoms with E-state index in [1.165, 1.54) is 12.1 Å². The molecule has 0 amide bonds. The number of aliphatic hydroxyl groups is 5. The summed E-state index contributed by atoms with van der Waals surface area (Å²) in [5.74, 6) is -4.27. The van der Waals surface area contributed by atoms with Crippen molar-refractivity contribution >= 4 is 0 Å². The first-order valence-electron chi connectivity index (χ1n) is 11.0. The van der Waals surface area contributed by atoms with Crippen LogP contribution < -0.4 is 4.74 Å². The summed E-state index contributed by atoms with van der Waals surface area (Å²) >= 11 is 0. The standard InChI is InChI=1S/C22H27F5N2O7/c1-2-11-3-5-12(6-4-11)7-14-18(21(25,26)27)29(13(8-23)9-24)28-20(14)36-22(34)19(33)17(32)16(31)15(10-30)35-22/h3-6,13,15-17,19,30-34H,2,7-10H2,1H3/t15-,16-,17+,19-,22-/m1/s1. The van der Waals surface area contributed by atoms with E-state index in [1.807, 2.05) is 6.92 Å². The SMILES string of the molecule is CCc1ccc(Cc2c(O[C@]3(O)O[C@H](CO)[C@@H](O)[C@H](O)[C@H]3O)nn(C(CF)CF)c2C(F)(F)F)cc1. The molecule has 9 nitrogen and oxygen atoms in total. The van der Waals surface area contributed by atoms with E-state index < -0.39 is 86.1 Å². The second-order valence-corrected chi connectivity index (χ2v) is 8.38. The van der Waals surface area contributed by atoms with Crippen LogP contribution in [0.3, 0.4) is 0 Å². The summed E-state index contributed by atoms with van der Waals surface area (Å²) in [7, 11) is 0. The van der Waals surface area contributed by atoms with Crippen molar-refractivity contribution in [1.29, 1.82) is 0 Å². The van der Waals surface area contributed by atoms with E-state index in [1.54, 1.807) is 12.1 Å². The number of hydrogen-bond acceptors (Lipinski definition) is 8. The molecule has 0 spiro atoms. The maximum atomic E-state index is 14.1. The quantitative estimate of drug-likeness (QED) is 0.242. The summed E-state index contributed by atoms with van der Waals surface area (Å²) in [4.78, 5) is 0. The number of benzene rings is 1. The van der Waals surface area contributed by atoms with Crippen LogP contribution in [0.5, 0.6) is 5.88 Å². The van der Waals surface area contributed by atoms with Gasteiger partial charge in [0.25, 0.3) is 0 Å². The zero-order chi connectivity index (χ0) is 26.8. The lowest BCUT2D eigenvalue weighted by Crippen LogP contribution is -2.67. The molecular weight excluding hydrogens is 499 g/mol. The van der Waals surface area contributed by atoms with Gasteiger partial charge in [-0.15, -0.1) is 5.10 Å². The third-order valence-electron chi connectivity index (χ3n) is 5.93. The number of alkyl halides is 5. The molecule has 1 aliphatic rings. The van der Waals surface area contributed by atoms with Gasteiger partial charge in [0.1, 0.15) is 37.7 Å². The van der Waals surface area contributed by atoms with E-state index in [-0.39, 0.29) is 4.68 Å². The molecular formula is C22H27F5N2O7. The first kappa shape index (κ1) is 28.2. The van der Waals surface area contributed by atoms with Crippen molar-refractivity contribution < 1.29 is 57.0 Å². The zero-order valence-corrected chi connectivity index (χ0v) is 19.1. The number of aromatic nitrogens is 2. The highest BCUT2D eigenvalue weighted by molar-refractivity contribution is 5.39. The molecule has 5 N–H and O–H groups in total. The Labute approximate surface area is 202 Å². The lowest BCUT2D eigenvalue weighted by atomic mass is 9.97. The highest BCUT2D eigenvalue weighted by atomic mass is 19.4. The Morgan fingerprint density at radius 3 is 2.17 bits per heavy atom. The van der Waals surface area contributed by atoms with Crippen LogP contribution in [0.15, 0.2) is 24.3 Å². The van der Waals surface area contributed by atoms with Crippen LogP contribution in [0.25, 0.3) is 0 Å². The van der Waals surface area contributed by atoms with Crippen molar-refractivity contribution in [3.8, 4) is 5.88 Å². The van der Waals surface area contributed by atoms with Crippen molar-refractivity contribution in [3.05, 3.63) is 46.6 Å². The van der Waals surface area contributed by atoms with Crippen LogP contribution in [0.1, 0.15) is 35.3 Å². The molecule has 202 valence electrons. The summed E-state index contributed by atoms with van der Waals surface area (Å²) in [6.45, 7) is -2.19. The fourth-order valence-corrected chi connectivity index (χ4v) is 3.87. The molecule has 3 rings (SSSR count). The van der Waals surface area contributed by atoms with E-state index in [4.69, 9.17) is 9.47 Å². The molecule has 1 aliphatic heterocycles. The van der Waals surface area contributed by atoms with Gasteiger partial charge in [0.05, 0.1) is 12.2 Å². The number of halogens is 5. The van der Waals surface area contributed by atoms with Crippen LogP contribution in [0.4, 0.5) is 22.0 Å². The van der Waals surface area contributed by atoms with Gasteiger partial charge in [-0.3, -0.25) is 0 Å². The van der Waals surface area contributed by atoms with Crippen LogP contribution in [-0.4, -0.2) is 85.7 Å². The summed E-state index contributed by atoms with van der Waals surface area (Å²) in [5.41, 5.74) is -1.05. The normalized spacial score (nSPS) is 27.0. The molecule has 0 aliphatic carbocycles. The molecule has 1 aromatic heterocycles. The monoisotopic (exact) mass is 526 g/mol. The van der Waals surface area contributed by atoms with Crippen LogP contribution in [0, 0.1) is 0 Å². The molecule has 0 unspecified atom stereocenters. The Kier molecular flexibility index (Phi) is 8.58. The minimum atomic E-state index is -5.17. The highest BCUT2D eigenvalue weighted by Gasteiger charge is 2.56. The largest absolute Gasteiger partial charge is 0.433 e. The molecule has 1 aromatic carbocycles. The number of aryl methyl sites for hydroxylation is 1. The Bertz CT molecular complexity index is 1010. The summed E-state index contributed by atoms with van der Waals surface area (Å²) in [6.07, 6.45) is -13.2. The smallest absolute Gasteiger partial charge is 0.417 e. The second kappa shape index (κ2) is 10.9. The molecule has 5 atom stereocenters. The number of aliphatic hydroxyl groups excluding tert-OH is 4. The van der Waals surface area contributed by atoms with Crippen molar-refractivity contribution in [2.24, 2.45) is 0 Å². The molecule has 2 heterocycles. The van der Waals surface area contributed by atoms with E-state index in [2.05, 4.69) is 5.10 Å². The molecule has 0 bridgehead atoms. The molecule has 36 heavy (non-hydrogen) atoms. The number of rotatable bonds is 9. The number of hydrogen-bond donors (Lipinski definition) is 5. The Morgan fingerprint density at radius 2 is 1.67 bits per heavy atom. The van der Waals surface area contributed by atoms with Gasteiger partial charge in [0.15, 0.2) is 11.8 Å². The molecule has 1 fully saturated rings. The predicted octanol–water partition coefficient (Wildman–Crippen LogP) is 1.03. The van der Waals surface area contributed by atoms with E-state index in [9.17, 15) is 47.5 Å². The maximum Gasteiger partial charge on any atom is 0.433 e. The Morgan fingerprint density at radius 1 is 1.08 bits per heavy atom. The average molecular weight is 526 g/mol. The average Bonchev–Trinajstić information content (AvgIpc) is 3.19. The van der Waals surface area contributed by atoms with Gasteiger partial charge >= 0.3 is 12.1 Å². The molecule has 2 aromatic rings. The van der Waals surface area contributed by atoms with Gasteiger partial charge in [-0.1, -0.05) is 31.2 Å². The molecule has 1 saturated heterocycles. The highest BCUT2D eigenvalue weighted by Crippen LogP contribution is 2.41. The van der Waals surface area contributed by atoms with E-state index in [0.29, 0.717) is 12.0 Å². The van der Waals surface area contributed by atoms with E-state index >= 15 is 0 Å². The van der Waals surface area contributed by atoms with Crippen molar-refractivity contribution in [2.75, 3.05) is 20.0 Å². The third-order valence-corrected chi connectivity index (χ3v) is 5.93. The zero-order valence-electron chi connectivity index (χ0n) is 19.1. The van der Waals surface area contributed by atoms with Gasteiger partial charge in [-0.05, 0) is 17.5 Å². The second-order valence-electron chi connectivity index (χ2n) is 8.38. The lowest BCUT2D eigenvalue weighted by molar-refractivity contribution is -0.423. The summed E-state index contributed by atoms with van der Waals surface area (Å²) < 4.78 is 79.5. The van der Waals surface area contributed by atoms with Gasteiger partial charge in [-0.2, -0.15) is 13.2 Å². The Balaban J connectivity index is 2.15. The van der Waals surface area contributed by atoms with Gasteiger partial charge in [0.2, 0.25) is 5.88 Å². The molecule has 0 radical (unpaired) electrons. The number of nitrogens with zero attached hydrogens (tertiary/aromatic N) is 2.